The summed E-state index contributed by atoms with van der Waals surface area (Å²) in [5.74, 6) is 0.522. The molecule has 2 nitrogen and oxygen atoms in total. The van der Waals surface area contributed by atoms with Crippen LogP contribution in [0.25, 0.3) is 0 Å². The third-order valence-corrected chi connectivity index (χ3v) is 9.27. The van der Waals surface area contributed by atoms with Crippen LogP contribution in [0.1, 0.15) is 34.6 Å². The van der Waals surface area contributed by atoms with E-state index in [0.29, 0.717) is 5.92 Å². The van der Waals surface area contributed by atoms with Gasteiger partial charge in [0.1, 0.15) is 0 Å². The van der Waals surface area contributed by atoms with E-state index in [1.54, 1.807) is 0 Å². The second-order valence-electron chi connectivity index (χ2n) is 5.45. The summed E-state index contributed by atoms with van der Waals surface area (Å²) in [5.41, 5.74) is 0. The molecule has 3 heteroatoms. The molecule has 78 valence electrons. The Hall–Kier alpha value is 0.190. The van der Waals surface area contributed by atoms with Crippen molar-refractivity contribution in [2.75, 3.05) is 14.1 Å². The number of hydrogen-bond donors (Lipinski definition) is 0. The van der Waals surface area contributed by atoms with Gasteiger partial charge in [0.25, 0.3) is 0 Å². The van der Waals surface area contributed by atoms with Crippen LogP contribution in [0.2, 0.25) is 0 Å². The molecule has 0 atom stereocenters. The Balaban J connectivity index is 3.19. The molecule has 0 unspecified atom stereocenters. The Morgan fingerprint density at radius 1 is 1.08 bits per heavy atom. The van der Waals surface area contributed by atoms with E-state index in [-0.39, 0.29) is 10.3 Å². The van der Waals surface area contributed by atoms with Crippen molar-refractivity contribution in [2.45, 2.75) is 44.9 Å². The highest BCUT2D eigenvalue weighted by molar-refractivity contribution is 7.66. The van der Waals surface area contributed by atoms with E-state index in [1.165, 1.54) is 0 Å². The molecular formula is C10H22NOP. The molecule has 1 heterocycles. The van der Waals surface area contributed by atoms with E-state index in [4.69, 9.17) is 0 Å². The fourth-order valence-corrected chi connectivity index (χ4v) is 8.14. The van der Waals surface area contributed by atoms with Crippen LogP contribution in [0.3, 0.4) is 0 Å². The Bertz CT molecular complexity index is 248. The third kappa shape index (κ3) is 0.966. The molecule has 0 radical (unpaired) electrons. The minimum Gasteiger partial charge on any atom is -0.305 e. The Morgan fingerprint density at radius 3 is 1.54 bits per heavy atom. The Kier molecular flexibility index (Phi) is 2.26. The van der Waals surface area contributed by atoms with Crippen molar-refractivity contribution in [1.82, 2.24) is 4.67 Å². The van der Waals surface area contributed by atoms with Gasteiger partial charge in [-0.1, -0.05) is 34.6 Å². The number of rotatable bonds is 1. The molecule has 0 spiro atoms. The molecule has 0 aromatic rings. The summed E-state index contributed by atoms with van der Waals surface area (Å²) >= 11 is 0. The molecule has 0 N–H and O–H groups in total. The van der Waals surface area contributed by atoms with E-state index >= 15 is 0 Å². The molecule has 0 aliphatic carbocycles. The maximum absolute atomic E-state index is 12.8. The predicted molar refractivity (Wildman–Crippen MR) is 58.6 cm³/mol. The zero-order chi connectivity index (χ0) is 10.7. The summed E-state index contributed by atoms with van der Waals surface area (Å²) in [5, 5.41) is -0.0556. The van der Waals surface area contributed by atoms with Gasteiger partial charge in [0, 0.05) is 10.3 Å². The Labute approximate surface area is 82.1 Å². The van der Waals surface area contributed by atoms with Gasteiger partial charge in [0.2, 0.25) is 0 Å². The molecule has 0 bridgehead atoms. The first-order chi connectivity index (χ1) is 5.60. The van der Waals surface area contributed by atoms with E-state index in [9.17, 15) is 4.57 Å². The van der Waals surface area contributed by atoms with Crippen LogP contribution in [0.15, 0.2) is 0 Å². The summed E-state index contributed by atoms with van der Waals surface area (Å²) < 4.78 is 14.8. The van der Waals surface area contributed by atoms with Crippen LogP contribution < -0.4 is 0 Å². The smallest absolute Gasteiger partial charge is 0.161 e. The fourth-order valence-electron chi connectivity index (χ4n) is 3.10. The van der Waals surface area contributed by atoms with Crippen molar-refractivity contribution in [2.24, 2.45) is 5.92 Å². The quantitative estimate of drug-likeness (QED) is 0.610. The topological polar surface area (TPSA) is 20.3 Å². The van der Waals surface area contributed by atoms with Crippen LogP contribution in [-0.4, -0.2) is 29.1 Å². The Morgan fingerprint density at radius 2 is 1.38 bits per heavy atom. The van der Waals surface area contributed by atoms with Crippen LogP contribution in [0.4, 0.5) is 0 Å². The minimum atomic E-state index is -2.19. The van der Waals surface area contributed by atoms with Gasteiger partial charge < -0.3 is 4.57 Å². The summed E-state index contributed by atoms with van der Waals surface area (Å²) in [6, 6.07) is 0. The SMILES string of the molecule is CC1C(C)(C)P(=O)(N(C)C)C1(C)C. The highest BCUT2D eigenvalue weighted by Crippen LogP contribution is 2.82. The van der Waals surface area contributed by atoms with Crippen molar-refractivity contribution in [3.8, 4) is 0 Å². The van der Waals surface area contributed by atoms with Gasteiger partial charge in [-0.25, -0.2) is 0 Å². The van der Waals surface area contributed by atoms with Gasteiger partial charge in [-0.05, 0) is 20.0 Å². The van der Waals surface area contributed by atoms with Gasteiger partial charge >= 0.3 is 0 Å². The maximum atomic E-state index is 12.8. The van der Waals surface area contributed by atoms with E-state index in [2.05, 4.69) is 34.6 Å². The van der Waals surface area contributed by atoms with E-state index < -0.39 is 7.29 Å². The molecule has 0 aromatic heterocycles. The third-order valence-electron chi connectivity index (χ3n) is 4.24. The van der Waals surface area contributed by atoms with Crippen molar-refractivity contribution in [1.29, 1.82) is 0 Å². The molecule has 0 aromatic carbocycles. The zero-order valence-electron chi connectivity index (χ0n) is 9.88. The first-order valence-corrected chi connectivity index (χ1v) is 6.54. The van der Waals surface area contributed by atoms with Gasteiger partial charge in [-0.2, -0.15) is 0 Å². The monoisotopic (exact) mass is 203 g/mol. The molecular weight excluding hydrogens is 181 g/mol. The zero-order valence-corrected chi connectivity index (χ0v) is 10.8. The summed E-state index contributed by atoms with van der Waals surface area (Å²) in [4.78, 5) is 0. The maximum Gasteiger partial charge on any atom is 0.161 e. The predicted octanol–water partition coefficient (Wildman–Crippen LogP) is 3.03. The van der Waals surface area contributed by atoms with Gasteiger partial charge in [-0.15, -0.1) is 0 Å². The summed E-state index contributed by atoms with van der Waals surface area (Å²) in [6.07, 6.45) is 0. The van der Waals surface area contributed by atoms with Gasteiger partial charge in [-0.3, -0.25) is 4.67 Å². The first-order valence-electron chi connectivity index (χ1n) is 4.88. The van der Waals surface area contributed by atoms with Crippen LogP contribution in [0, 0.1) is 5.92 Å². The second kappa shape index (κ2) is 2.61. The van der Waals surface area contributed by atoms with E-state index in [1.807, 2.05) is 18.8 Å². The minimum absolute atomic E-state index is 0.0278. The van der Waals surface area contributed by atoms with Crippen molar-refractivity contribution in [3.05, 3.63) is 0 Å². The lowest BCUT2D eigenvalue weighted by Gasteiger charge is -2.64. The van der Waals surface area contributed by atoms with Crippen LogP contribution in [0.5, 0.6) is 0 Å². The lowest BCUT2D eigenvalue weighted by atomic mass is 9.83. The molecule has 1 aliphatic heterocycles. The summed E-state index contributed by atoms with van der Waals surface area (Å²) in [6.45, 7) is 10.7. The lowest BCUT2D eigenvalue weighted by molar-refractivity contribution is 0.242. The molecule has 1 aliphatic rings. The standard InChI is InChI=1S/C10H22NOP/c1-8-9(2,3)13(12,11(6)7)10(8,4)5/h8H,1-7H3. The fraction of sp³-hybridized carbons (Fsp3) is 1.00. The largest absolute Gasteiger partial charge is 0.305 e. The lowest BCUT2D eigenvalue weighted by Crippen LogP contribution is -2.60. The molecule has 0 saturated carbocycles. The average molecular weight is 203 g/mol. The van der Waals surface area contributed by atoms with E-state index in [0.717, 1.165) is 0 Å². The van der Waals surface area contributed by atoms with Gasteiger partial charge in [0.05, 0.1) is 0 Å². The second-order valence-corrected chi connectivity index (χ2v) is 9.71. The average Bonchev–Trinajstić information content (AvgIpc) is 2.00. The number of hydrogen-bond acceptors (Lipinski definition) is 1. The summed E-state index contributed by atoms with van der Waals surface area (Å²) in [7, 11) is 1.69. The van der Waals surface area contributed by atoms with Crippen LogP contribution in [-0.2, 0) is 4.57 Å². The molecule has 1 fully saturated rings. The normalized spacial score (nSPS) is 41.7. The van der Waals surface area contributed by atoms with Gasteiger partial charge in [0.15, 0.2) is 7.29 Å². The van der Waals surface area contributed by atoms with Crippen molar-refractivity contribution in [3.63, 3.8) is 0 Å². The molecule has 0 amide bonds. The molecule has 1 saturated heterocycles. The van der Waals surface area contributed by atoms with Crippen LogP contribution >= 0.6 is 7.29 Å². The molecule has 13 heavy (non-hydrogen) atoms. The highest BCUT2D eigenvalue weighted by Gasteiger charge is 2.69. The first kappa shape index (κ1) is 11.3. The van der Waals surface area contributed by atoms with Crippen molar-refractivity contribution < 1.29 is 4.57 Å². The van der Waals surface area contributed by atoms with Crippen molar-refractivity contribution >= 4 is 7.29 Å². The molecule has 1 rings (SSSR count). The highest BCUT2D eigenvalue weighted by atomic mass is 31.2. The number of nitrogens with zero attached hydrogens (tertiary/aromatic N) is 1.